The molecule has 0 spiro atoms. The summed E-state index contributed by atoms with van der Waals surface area (Å²) in [5, 5.41) is 0. The Labute approximate surface area is 150 Å². The number of sulfonamides is 1. The van der Waals surface area contributed by atoms with Crippen LogP contribution in [0.25, 0.3) is 0 Å². The summed E-state index contributed by atoms with van der Waals surface area (Å²) in [5.74, 6) is 0.889. The van der Waals surface area contributed by atoms with Gasteiger partial charge in [-0.25, -0.2) is 18.1 Å². The fraction of sp³-hybridized carbons (Fsp3) is 0.176. The molecule has 0 unspecified atom stereocenters. The van der Waals surface area contributed by atoms with E-state index in [1.54, 1.807) is 42.7 Å². The van der Waals surface area contributed by atoms with E-state index in [1.807, 2.05) is 19.9 Å². The summed E-state index contributed by atoms with van der Waals surface area (Å²) in [5.41, 5.74) is 1.52. The number of ether oxygens (including phenoxy) is 1. The van der Waals surface area contributed by atoms with Crippen molar-refractivity contribution in [2.45, 2.75) is 24.6 Å². The Morgan fingerprint density at radius 1 is 1.12 bits per heavy atom. The van der Waals surface area contributed by atoms with E-state index in [9.17, 15) is 8.42 Å². The quantitative estimate of drug-likeness (QED) is 0.714. The average molecular weight is 375 g/mol. The maximum Gasteiger partial charge on any atom is 0.250 e. The van der Waals surface area contributed by atoms with Crippen molar-refractivity contribution in [1.82, 2.24) is 14.7 Å². The van der Waals surface area contributed by atoms with Crippen LogP contribution in [0.4, 0.5) is 0 Å². The number of pyridine rings is 2. The lowest BCUT2D eigenvalue weighted by Crippen LogP contribution is -2.22. The lowest BCUT2D eigenvalue weighted by atomic mass is 10.3. The molecule has 3 rings (SSSR count). The molecule has 6 nitrogen and oxygen atoms in total. The minimum Gasteiger partial charge on any atom is -0.437 e. The van der Waals surface area contributed by atoms with E-state index in [2.05, 4.69) is 14.7 Å². The van der Waals surface area contributed by atoms with Crippen LogP contribution < -0.4 is 9.46 Å². The molecule has 3 heterocycles. The SMILES string of the molecule is Cc1ccc(Oc2ncccc2CNS(=O)(=O)c2ccc(C)s2)cn1. The van der Waals surface area contributed by atoms with Crippen molar-refractivity contribution in [2.24, 2.45) is 0 Å². The molecule has 0 aliphatic carbocycles. The van der Waals surface area contributed by atoms with Crippen molar-refractivity contribution in [3.8, 4) is 11.6 Å². The van der Waals surface area contributed by atoms with E-state index in [0.29, 0.717) is 21.4 Å². The topological polar surface area (TPSA) is 81.2 Å². The second-order valence-corrected chi connectivity index (χ2v) is 8.68. The fourth-order valence-electron chi connectivity index (χ4n) is 2.08. The Bertz CT molecular complexity index is 967. The molecule has 0 bridgehead atoms. The maximum atomic E-state index is 12.4. The van der Waals surface area contributed by atoms with Gasteiger partial charge in [-0.2, -0.15) is 0 Å². The summed E-state index contributed by atoms with van der Waals surface area (Å²) >= 11 is 1.23. The lowest BCUT2D eigenvalue weighted by Gasteiger charge is -2.10. The van der Waals surface area contributed by atoms with Gasteiger partial charge in [0.05, 0.1) is 6.20 Å². The molecule has 0 radical (unpaired) electrons. The van der Waals surface area contributed by atoms with E-state index < -0.39 is 10.0 Å². The van der Waals surface area contributed by atoms with E-state index in [4.69, 9.17) is 4.74 Å². The van der Waals surface area contributed by atoms with Gasteiger partial charge in [-0.3, -0.25) is 4.98 Å². The molecular weight excluding hydrogens is 358 g/mol. The highest BCUT2D eigenvalue weighted by Gasteiger charge is 2.17. The standard InChI is InChI=1S/C17H17N3O3S2/c1-12-5-7-15(11-19-12)23-17-14(4-3-9-18-17)10-20-25(21,22)16-8-6-13(2)24-16/h3-9,11,20H,10H2,1-2H3. The van der Waals surface area contributed by atoms with Crippen molar-refractivity contribution < 1.29 is 13.2 Å². The molecule has 0 saturated heterocycles. The second kappa shape index (κ2) is 7.30. The molecule has 8 heteroatoms. The highest BCUT2D eigenvalue weighted by atomic mass is 32.2. The second-order valence-electron chi connectivity index (χ2n) is 5.39. The van der Waals surface area contributed by atoms with Gasteiger partial charge in [-0.1, -0.05) is 6.07 Å². The van der Waals surface area contributed by atoms with E-state index >= 15 is 0 Å². The average Bonchev–Trinajstić information content (AvgIpc) is 3.04. The molecule has 0 aliphatic rings. The largest absolute Gasteiger partial charge is 0.437 e. The molecule has 0 aliphatic heterocycles. The minimum absolute atomic E-state index is 0.0851. The third kappa shape index (κ3) is 4.41. The summed E-state index contributed by atoms with van der Waals surface area (Å²) in [6.07, 6.45) is 3.20. The number of hydrogen-bond donors (Lipinski definition) is 1. The van der Waals surface area contributed by atoms with Crippen molar-refractivity contribution in [1.29, 1.82) is 0 Å². The number of aromatic nitrogens is 2. The Morgan fingerprint density at radius 2 is 1.96 bits per heavy atom. The predicted molar refractivity (Wildman–Crippen MR) is 96.4 cm³/mol. The molecule has 3 aromatic heterocycles. The number of nitrogens with one attached hydrogen (secondary N) is 1. The number of aryl methyl sites for hydroxylation is 2. The summed E-state index contributed by atoms with van der Waals surface area (Å²) in [6, 6.07) is 10.5. The zero-order chi connectivity index (χ0) is 17.9. The normalized spacial score (nSPS) is 11.4. The van der Waals surface area contributed by atoms with Crippen LogP contribution >= 0.6 is 11.3 Å². The van der Waals surface area contributed by atoms with Gasteiger partial charge < -0.3 is 4.74 Å². The smallest absolute Gasteiger partial charge is 0.250 e. The zero-order valence-electron chi connectivity index (χ0n) is 13.8. The van der Waals surface area contributed by atoms with Gasteiger partial charge in [0.25, 0.3) is 0 Å². The van der Waals surface area contributed by atoms with Gasteiger partial charge in [0, 0.05) is 28.9 Å². The highest BCUT2D eigenvalue weighted by Crippen LogP contribution is 2.24. The summed E-state index contributed by atoms with van der Waals surface area (Å²) in [4.78, 5) is 9.30. The number of rotatable bonds is 6. The van der Waals surface area contributed by atoms with Crippen LogP contribution in [0.15, 0.2) is 53.0 Å². The first kappa shape index (κ1) is 17.5. The highest BCUT2D eigenvalue weighted by molar-refractivity contribution is 7.91. The molecular formula is C17H17N3O3S2. The Morgan fingerprint density at radius 3 is 2.64 bits per heavy atom. The summed E-state index contributed by atoms with van der Waals surface area (Å²) < 4.78 is 33.3. The van der Waals surface area contributed by atoms with Gasteiger partial charge in [0.15, 0.2) is 0 Å². The molecule has 130 valence electrons. The minimum atomic E-state index is -3.56. The molecule has 25 heavy (non-hydrogen) atoms. The fourth-order valence-corrected chi connectivity index (χ4v) is 4.41. The summed E-state index contributed by atoms with van der Waals surface area (Å²) in [7, 11) is -3.56. The number of hydrogen-bond acceptors (Lipinski definition) is 6. The van der Waals surface area contributed by atoms with Gasteiger partial charge in [0.1, 0.15) is 9.96 Å². The van der Waals surface area contributed by atoms with E-state index in [0.717, 1.165) is 10.6 Å². The maximum absolute atomic E-state index is 12.4. The Hall–Kier alpha value is -2.29. The number of nitrogens with zero attached hydrogens (tertiary/aromatic N) is 2. The van der Waals surface area contributed by atoms with Crippen molar-refractivity contribution >= 4 is 21.4 Å². The van der Waals surface area contributed by atoms with Gasteiger partial charge in [-0.15, -0.1) is 11.3 Å². The van der Waals surface area contributed by atoms with Crippen LogP contribution in [0, 0.1) is 13.8 Å². The Balaban J connectivity index is 1.76. The van der Waals surface area contributed by atoms with Crippen molar-refractivity contribution in [3.63, 3.8) is 0 Å². The van der Waals surface area contributed by atoms with Crippen LogP contribution in [0.1, 0.15) is 16.1 Å². The third-order valence-corrected chi connectivity index (χ3v) is 6.28. The molecule has 0 amide bonds. The van der Waals surface area contributed by atoms with Crippen LogP contribution in [-0.2, 0) is 16.6 Å². The molecule has 0 atom stereocenters. The monoisotopic (exact) mass is 375 g/mol. The first-order chi connectivity index (χ1) is 11.9. The van der Waals surface area contributed by atoms with Gasteiger partial charge in [0.2, 0.25) is 15.9 Å². The van der Waals surface area contributed by atoms with E-state index in [-0.39, 0.29) is 6.54 Å². The lowest BCUT2D eigenvalue weighted by molar-refractivity contribution is 0.453. The Kier molecular flexibility index (Phi) is 5.12. The van der Waals surface area contributed by atoms with Gasteiger partial charge >= 0.3 is 0 Å². The molecule has 0 fully saturated rings. The zero-order valence-corrected chi connectivity index (χ0v) is 15.4. The molecule has 0 aromatic carbocycles. The van der Waals surface area contributed by atoms with Crippen LogP contribution in [0.5, 0.6) is 11.6 Å². The van der Waals surface area contributed by atoms with Crippen LogP contribution in [0.3, 0.4) is 0 Å². The van der Waals surface area contributed by atoms with Gasteiger partial charge in [-0.05, 0) is 44.2 Å². The first-order valence-electron chi connectivity index (χ1n) is 7.54. The number of thiophene rings is 1. The van der Waals surface area contributed by atoms with Crippen LogP contribution in [-0.4, -0.2) is 18.4 Å². The van der Waals surface area contributed by atoms with Crippen LogP contribution in [0.2, 0.25) is 0 Å². The third-order valence-electron chi connectivity index (χ3n) is 3.38. The van der Waals surface area contributed by atoms with E-state index in [1.165, 1.54) is 11.3 Å². The summed E-state index contributed by atoms with van der Waals surface area (Å²) in [6.45, 7) is 3.84. The first-order valence-corrected chi connectivity index (χ1v) is 9.84. The molecule has 0 saturated carbocycles. The molecule has 3 aromatic rings. The predicted octanol–water partition coefficient (Wildman–Crippen LogP) is 3.43. The molecule has 1 N–H and O–H groups in total. The van der Waals surface area contributed by atoms with Crippen molar-refractivity contribution in [2.75, 3.05) is 0 Å². The van der Waals surface area contributed by atoms with Crippen molar-refractivity contribution in [3.05, 3.63) is 64.9 Å².